The van der Waals surface area contributed by atoms with E-state index in [9.17, 15) is 25.0 Å². The summed E-state index contributed by atoms with van der Waals surface area (Å²) in [7, 11) is 6.07. The predicted molar refractivity (Wildman–Crippen MR) is 145 cm³/mol. The van der Waals surface area contributed by atoms with Gasteiger partial charge in [0.05, 0.1) is 55.6 Å². The van der Waals surface area contributed by atoms with Crippen LogP contribution in [0.25, 0.3) is 10.8 Å². The highest BCUT2D eigenvalue weighted by molar-refractivity contribution is 6.05. The number of amides is 1. The molecule has 4 rings (SSSR count). The average Bonchev–Trinajstić information content (AvgIpc) is 2.95. The Morgan fingerprint density at radius 3 is 1.93 bits per heavy atom. The molecule has 0 aliphatic carbocycles. The molecule has 0 bridgehead atoms. The molecule has 0 saturated carbocycles. The van der Waals surface area contributed by atoms with Gasteiger partial charge in [-0.05, 0) is 41.3 Å². The molecule has 13 nitrogen and oxygen atoms in total. The Morgan fingerprint density at radius 2 is 1.35 bits per heavy atom. The van der Waals surface area contributed by atoms with Crippen LogP contribution in [0.2, 0.25) is 0 Å². The Labute approximate surface area is 227 Å². The smallest absolute Gasteiger partial charge is 0.277 e. The third-order valence-electron chi connectivity index (χ3n) is 6.06. The lowest BCUT2D eigenvalue weighted by Gasteiger charge is -2.15. The monoisotopic (exact) mass is 548 g/mol. The molecule has 1 amide bonds. The van der Waals surface area contributed by atoms with E-state index in [1.165, 1.54) is 28.4 Å². The fourth-order valence-electron chi connectivity index (χ4n) is 4.16. The Morgan fingerprint density at radius 1 is 0.775 bits per heavy atom. The van der Waals surface area contributed by atoms with Crippen LogP contribution in [0.3, 0.4) is 0 Å². The van der Waals surface area contributed by atoms with Crippen LogP contribution >= 0.6 is 0 Å². The van der Waals surface area contributed by atoms with Gasteiger partial charge in [0.15, 0.2) is 23.0 Å². The van der Waals surface area contributed by atoms with Crippen LogP contribution in [0.1, 0.15) is 21.6 Å². The van der Waals surface area contributed by atoms with Crippen LogP contribution in [0.4, 0.5) is 17.2 Å². The number of ether oxygens (including phenoxy) is 4. The molecule has 0 unspecified atom stereocenters. The van der Waals surface area contributed by atoms with Crippen molar-refractivity contribution in [2.24, 2.45) is 0 Å². The van der Waals surface area contributed by atoms with E-state index in [2.05, 4.69) is 10.3 Å². The lowest BCUT2D eigenvalue weighted by molar-refractivity contribution is -0.394. The lowest BCUT2D eigenvalue weighted by atomic mass is 10.0. The first-order valence-corrected chi connectivity index (χ1v) is 11.7. The van der Waals surface area contributed by atoms with Crippen LogP contribution in [0.5, 0.6) is 23.0 Å². The van der Waals surface area contributed by atoms with Gasteiger partial charge >= 0.3 is 0 Å². The maximum atomic E-state index is 13.1. The third kappa shape index (κ3) is 5.67. The van der Waals surface area contributed by atoms with Crippen LogP contribution < -0.4 is 24.3 Å². The number of aromatic nitrogens is 1. The Balaban J connectivity index is 1.80. The standard InChI is InChI=1S/C27H24N4O9/c1-37-22-6-5-15(8-23(22)38-2)7-21-20-14-25(40-4)24(39-3)11-16(20)12-26(28-21)29-27(32)17-9-18(30(33)34)13-19(10-17)31(35)36/h5-6,8-14H,7H2,1-4H3,(H,28,29,32). The number of carbonyl (C=O) groups is 1. The molecule has 4 aromatic rings. The minimum absolute atomic E-state index is 0.120. The largest absolute Gasteiger partial charge is 0.493 e. The zero-order valence-corrected chi connectivity index (χ0v) is 21.9. The molecule has 0 fully saturated rings. The van der Waals surface area contributed by atoms with E-state index in [0.717, 1.165) is 29.1 Å². The van der Waals surface area contributed by atoms with Gasteiger partial charge in [-0.15, -0.1) is 0 Å². The number of pyridine rings is 1. The summed E-state index contributed by atoms with van der Waals surface area (Å²) in [5.74, 6) is 1.32. The lowest BCUT2D eigenvalue weighted by Crippen LogP contribution is -2.14. The fourth-order valence-corrected chi connectivity index (χ4v) is 4.16. The number of nitro benzene ring substituents is 2. The molecule has 0 atom stereocenters. The first-order valence-electron chi connectivity index (χ1n) is 11.7. The van der Waals surface area contributed by atoms with Gasteiger partial charge in [0, 0.05) is 23.9 Å². The molecule has 206 valence electrons. The van der Waals surface area contributed by atoms with Gasteiger partial charge in [-0.25, -0.2) is 4.98 Å². The van der Waals surface area contributed by atoms with Crippen LogP contribution in [-0.4, -0.2) is 49.2 Å². The van der Waals surface area contributed by atoms with E-state index >= 15 is 0 Å². The van der Waals surface area contributed by atoms with E-state index in [1.807, 2.05) is 6.07 Å². The number of non-ortho nitro benzene ring substituents is 2. The van der Waals surface area contributed by atoms with Gasteiger partial charge in [-0.3, -0.25) is 25.0 Å². The summed E-state index contributed by atoms with van der Waals surface area (Å²) < 4.78 is 21.6. The van der Waals surface area contributed by atoms with E-state index in [1.54, 1.807) is 30.3 Å². The highest BCUT2D eigenvalue weighted by Gasteiger charge is 2.21. The number of benzene rings is 3. The van der Waals surface area contributed by atoms with Crippen molar-refractivity contribution in [2.45, 2.75) is 6.42 Å². The van der Waals surface area contributed by atoms with E-state index in [4.69, 9.17) is 18.9 Å². The molecule has 0 saturated heterocycles. The Kier molecular flexibility index (Phi) is 7.94. The molecule has 0 radical (unpaired) electrons. The van der Waals surface area contributed by atoms with Crippen molar-refractivity contribution in [3.63, 3.8) is 0 Å². The summed E-state index contributed by atoms with van der Waals surface area (Å²) in [6.07, 6.45) is 0.318. The number of rotatable bonds is 10. The third-order valence-corrected chi connectivity index (χ3v) is 6.06. The minimum atomic E-state index is -0.809. The summed E-state index contributed by atoms with van der Waals surface area (Å²) in [6, 6.07) is 13.2. The number of carbonyl (C=O) groups excluding carboxylic acids is 1. The Hall–Kier alpha value is -5.46. The number of methoxy groups -OCH3 is 4. The van der Waals surface area contributed by atoms with Crippen molar-refractivity contribution in [1.82, 2.24) is 4.98 Å². The summed E-state index contributed by atoms with van der Waals surface area (Å²) in [6.45, 7) is 0. The molecule has 0 aliphatic rings. The summed E-state index contributed by atoms with van der Waals surface area (Å²) in [5.41, 5.74) is -0.0462. The molecule has 0 aliphatic heterocycles. The van der Waals surface area contributed by atoms with Crippen molar-refractivity contribution in [2.75, 3.05) is 33.8 Å². The zero-order chi connectivity index (χ0) is 29.0. The van der Waals surface area contributed by atoms with Crippen LogP contribution in [-0.2, 0) is 6.42 Å². The number of hydrogen-bond donors (Lipinski definition) is 1. The maximum Gasteiger partial charge on any atom is 0.277 e. The highest BCUT2D eigenvalue weighted by atomic mass is 16.6. The normalized spacial score (nSPS) is 10.6. The van der Waals surface area contributed by atoms with Gasteiger partial charge in [0.25, 0.3) is 17.3 Å². The number of hydrogen-bond acceptors (Lipinski definition) is 10. The SMILES string of the molecule is COc1ccc(Cc2nc(NC(=O)c3cc([N+](=O)[O-])cc([N+](=O)[O-])c3)cc3cc(OC)c(OC)cc23)cc1OC. The van der Waals surface area contributed by atoms with Gasteiger partial charge in [0.2, 0.25) is 0 Å². The molecular formula is C27H24N4O9. The quantitative estimate of drug-likeness (QED) is 0.212. The topological polar surface area (TPSA) is 165 Å². The van der Waals surface area contributed by atoms with Crippen LogP contribution in [0.15, 0.2) is 54.6 Å². The molecular weight excluding hydrogens is 524 g/mol. The van der Waals surface area contributed by atoms with Gasteiger partial charge in [0.1, 0.15) is 5.82 Å². The molecule has 40 heavy (non-hydrogen) atoms. The van der Waals surface area contributed by atoms with Crippen molar-refractivity contribution in [3.8, 4) is 23.0 Å². The molecule has 13 heteroatoms. The zero-order valence-electron chi connectivity index (χ0n) is 21.9. The number of nitrogens with one attached hydrogen (secondary N) is 1. The van der Waals surface area contributed by atoms with Crippen molar-refractivity contribution < 1.29 is 33.6 Å². The fraction of sp³-hybridized carbons (Fsp3) is 0.185. The average molecular weight is 549 g/mol. The van der Waals surface area contributed by atoms with E-state index in [-0.39, 0.29) is 11.4 Å². The Bertz CT molecular complexity index is 1610. The second kappa shape index (κ2) is 11.5. The number of anilines is 1. The first kappa shape index (κ1) is 27.6. The molecule has 3 aromatic carbocycles. The minimum Gasteiger partial charge on any atom is -0.493 e. The van der Waals surface area contributed by atoms with Gasteiger partial charge in [-0.2, -0.15) is 0 Å². The van der Waals surface area contributed by atoms with Crippen molar-refractivity contribution in [1.29, 1.82) is 0 Å². The van der Waals surface area contributed by atoms with Crippen molar-refractivity contribution in [3.05, 3.63) is 91.6 Å². The first-order chi connectivity index (χ1) is 19.2. The van der Waals surface area contributed by atoms with Crippen molar-refractivity contribution >= 4 is 33.9 Å². The van der Waals surface area contributed by atoms with E-state index < -0.39 is 27.1 Å². The van der Waals surface area contributed by atoms with Gasteiger partial charge in [-0.1, -0.05) is 6.07 Å². The summed E-state index contributed by atoms with van der Waals surface area (Å²) in [4.78, 5) is 38.6. The second-order valence-electron chi connectivity index (χ2n) is 8.46. The predicted octanol–water partition coefficient (Wildman–Crippen LogP) is 4.93. The molecule has 1 heterocycles. The number of nitro groups is 2. The number of fused-ring (bicyclic) bond motifs is 1. The molecule has 0 spiro atoms. The highest BCUT2D eigenvalue weighted by Crippen LogP contribution is 2.36. The summed E-state index contributed by atoms with van der Waals surface area (Å²) >= 11 is 0. The van der Waals surface area contributed by atoms with Crippen LogP contribution in [0, 0.1) is 20.2 Å². The molecule has 1 aromatic heterocycles. The molecule has 1 N–H and O–H groups in total. The second-order valence-corrected chi connectivity index (χ2v) is 8.46. The van der Waals surface area contributed by atoms with E-state index in [0.29, 0.717) is 40.5 Å². The van der Waals surface area contributed by atoms with Gasteiger partial charge < -0.3 is 24.3 Å². The maximum absolute atomic E-state index is 13.1. The summed E-state index contributed by atoms with van der Waals surface area (Å²) in [5, 5.41) is 26.5. The number of nitrogens with zero attached hydrogens (tertiary/aromatic N) is 3.